The predicted molar refractivity (Wildman–Crippen MR) is 57.2 cm³/mol. The molecule has 1 heterocycles. The molecule has 0 unspecified atom stereocenters. The fourth-order valence-corrected chi connectivity index (χ4v) is 3.34. The first-order chi connectivity index (χ1) is 6.38. The number of aliphatic hydroxyl groups excluding tert-OH is 1. The second-order valence-electron chi connectivity index (χ2n) is 4.07. The van der Waals surface area contributed by atoms with Crippen molar-refractivity contribution < 1.29 is 5.11 Å². The van der Waals surface area contributed by atoms with Gasteiger partial charge >= 0.3 is 0 Å². The highest BCUT2D eigenvalue weighted by atomic mass is 32.2. The Bertz CT molecular complexity index is 157. The van der Waals surface area contributed by atoms with E-state index in [2.05, 4.69) is 16.7 Å². The summed E-state index contributed by atoms with van der Waals surface area (Å²) in [5.41, 5.74) is 0. The summed E-state index contributed by atoms with van der Waals surface area (Å²) in [6, 6.07) is 0.485. The highest BCUT2D eigenvalue weighted by Crippen LogP contribution is 2.25. The third-order valence-electron chi connectivity index (χ3n) is 3.17. The Morgan fingerprint density at radius 2 is 2.00 bits per heavy atom. The average Bonchev–Trinajstić information content (AvgIpc) is 2.43. The van der Waals surface area contributed by atoms with Gasteiger partial charge in [-0.2, -0.15) is 11.8 Å². The van der Waals surface area contributed by atoms with Gasteiger partial charge in [0.05, 0.1) is 6.10 Å². The number of thioether (sulfide) groups is 1. The molecule has 2 rings (SSSR count). The van der Waals surface area contributed by atoms with Crippen molar-refractivity contribution in [3.63, 3.8) is 0 Å². The first-order valence-electron chi connectivity index (χ1n) is 5.38. The maximum atomic E-state index is 9.78. The van der Waals surface area contributed by atoms with Crippen LogP contribution in [0.5, 0.6) is 0 Å². The smallest absolute Gasteiger partial charge is 0.0695 e. The van der Waals surface area contributed by atoms with E-state index < -0.39 is 0 Å². The summed E-state index contributed by atoms with van der Waals surface area (Å²) in [5.74, 6) is 2.56. The van der Waals surface area contributed by atoms with E-state index in [0.29, 0.717) is 6.04 Å². The number of nitrogens with zero attached hydrogens (tertiary/aromatic N) is 1. The summed E-state index contributed by atoms with van der Waals surface area (Å²) in [6.07, 6.45) is 4.71. The quantitative estimate of drug-likeness (QED) is 0.692. The van der Waals surface area contributed by atoms with Gasteiger partial charge in [0.25, 0.3) is 0 Å². The molecule has 0 bridgehead atoms. The molecule has 1 aliphatic carbocycles. The summed E-state index contributed by atoms with van der Waals surface area (Å²) in [7, 11) is 0. The standard InChI is InChI=1S/C10H19NOS/c12-10-4-1-3-9(10)11-5-2-7-13-8-6-11/h9-10,12H,1-8H2/t9-,10-/m1/s1. The number of hydrogen-bond acceptors (Lipinski definition) is 3. The Balaban J connectivity index is 1.89. The molecule has 2 nitrogen and oxygen atoms in total. The van der Waals surface area contributed by atoms with Crippen molar-refractivity contribution in [1.82, 2.24) is 4.90 Å². The van der Waals surface area contributed by atoms with E-state index in [0.717, 1.165) is 6.42 Å². The summed E-state index contributed by atoms with van der Waals surface area (Å²) in [4.78, 5) is 2.51. The normalized spacial score (nSPS) is 37.6. The van der Waals surface area contributed by atoms with Crippen LogP contribution in [0.1, 0.15) is 25.7 Å². The molecule has 3 heteroatoms. The predicted octanol–water partition coefficient (Wildman–Crippen LogP) is 1.34. The molecule has 13 heavy (non-hydrogen) atoms. The van der Waals surface area contributed by atoms with Crippen molar-refractivity contribution in [2.45, 2.75) is 37.8 Å². The molecule has 0 radical (unpaired) electrons. The summed E-state index contributed by atoms with van der Waals surface area (Å²) in [5, 5.41) is 9.78. The molecule has 1 aliphatic heterocycles. The minimum absolute atomic E-state index is 0.0388. The monoisotopic (exact) mass is 201 g/mol. The maximum absolute atomic E-state index is 9.78. The van der Waals surface area contributed by atoms with Gasteiger partial charge in [0, 0.05) is 18.3 Å². The Morgan fingerprint density at radius 1 is 1.08 bits per heavy atom. The van der Waals surface area contributed by atoms with Crippen molar-refractivity contribution >= 4 is 11.8 Å². The van der Waals surface area contributed by atoms with E-state index in [1.807, 2.05) is 0 Å². The first-order valence-corrected chi connectivity index (χ1v) is 6.53. The third kappa shape index (κ3) is 2.39. The Kier molecular flexibility index (Phi) is 3.52. The zero-order valence-corrected chi connectivity index (χ0v) is 8.93. The van der Waals surface area contributed by atoms with Gasteiger partial charge < -0.3 is 5.11 Å². The SMILES string of the molecule is O[C@@H]1CCC[C@H]1N1CCCSCC1. The van der Waals surface area contributed by atoms with Crippen LogP contribution < -0.4 is 0 Å². The Morgan fingerprint density at radius 3 is 2.77 bits per heavy atom. The Hall–Kier alpha value is 0.270. The molecular formula is C10H19NOS. The van der Waals surface area contributed by atoms with Crippen molar-refractivity contribution in [2.24, 2.45) is 0 Å². The van der Waals surface area contributed by atoms with E-state index in [-0.39, 0.29) is 6.10 Å². The van der Waals surface area contributed by atoms with E-state index in [9.17, 15) is 5.11 Å². The first kappa shape index (κ1) is 9.81. The number of rotatable bonds is 1. The largest absolute Gasteiger partial charge is 0.391 e. The van der Waals surface area contributed by atoms with Gasteiger partial charge in [0.15, 0.2) is 0 Å². The van der Waals surface area contributed by atoms with Crippen LogP contribution in [0.3, 0.4) is 0 Å². The highest BCUT2D eigenvalue weighted by Gasteiger charge is 2.30. The van der Waals surface area contributed by atoms with Gasteiger partial charge in [-0.15, -0.1) is 0 Å². The summed E-state index contributed by atoms with van der Waals surface area (Å²) < 4.78 is 0. The van der Waals surface area contributed by atoms with Gasteiger partial charge in [-0.25, -0.2) is 0 Å². The van der Waals surface area contributed by atoms with Crippen LogP contribution in [0.4, 0.5) is 0 Å². The van der Waals surface area contributed by atoms with Crippen LogP contribution in [0.15, 0.2) is 0 Å². The molecule has 2 atom stereocenters. The van der Waals surface area contributed by atoms with Gasteiger partial charge in [0.2, 0.25) is 0 Å². The molecule has 1 saturated carbocycles. The second-order valence-corrected chi connectivity index (χ2v) is 5.29. The van der Waals surface area contributed by atoms with Crippen LogP contribution in [0.25, 0.3) is 0 Å². The van der Waals surface area contributed by atoms with Crippen LogP contribution >= 0.6 is 11.8 Å². The van der Waals surface area contributed by atoms with Gasteiger partial charge in [0.1, 0.15) is 0 Å². The topological polar surface area (TPSA) is 23.5 Å². The van der Waals surface area contributed by atoms with Crippen LogP contribution in [-0.4, -0.2) is 46.7 Å². The van der Waals surface area contributed by atoms with Crippen LogP contribution in [0, 0.1) is 0 Å². The summed E-state index contributed by atoms with van der Waals surface area (Å²) >= 11 is 2.06. The van der Waals surface area contributed by atoms with E-state index in [1.54, 1.807) is 0 Å². The fraction of sp³-hybridized carbons (Fsp3) is 1.00. The molecule has 0 aromatic heterocycles. The van der Waals surface area contributed by atoms with Gasteiger partial charge in [-0.1, -0.05) is 0 Å². The molecule has 2 fully saturated rings. The molecule has 1 N–H and O–H groups in total. The maximum Gasteiger partial charge on any atom is 0.0695 e. The number of hydrogen-bond donors (Lipinski definition) is 1. The molecule has 76 valence electrons. The van der Waals surface area contributed by atoms with Crippen LogP contribution in [-0.2, 0) is 0 Å². The third-order valence-corrected chi connectivity index (χ3v) is 4.22. The minimum Gasteiger partial charge on any atom is -0.391 e. The number of aliphatic hydroxyl groups is 1. The molecule has 0 spiro atoms. The minimum atomic E-state index is -0.0388. The van der Waals surface area contributed by atoms with E-state index in [4.69, 9.17) is 0 Å². The lowest BCUT2D eigenvalue weighted by atomic mass is 10.1. The van der Waals surface area contributed by atoms with E-state index in [1.165, 1.54) is 43.9 Å². The average molecular weight is 201 g/mol. The summed E-state index contributed by atoms with van der Waals surface area (Å²) in [6.45, 7) is 2.39. The molecular weight excluding hydrogens is 182 g/mol. The highest BCUT2D eigenvalue weighted by molar-refractivity contribution is 7.99. The van der Waals surface area contributed by atoms with Crippen molar-refractivity contribution in [3.8, 4) is 0 Å². The zero-order valence-electron chi connectivity index (χ0n) is 8.11. The molecule has 1 saturated heterocycles. The van der Waals surface area contributed by atoms with E-state index >= 15 is 0 Å². The van der Waals surface area contributed by atoms with Gasteiger partial charge in [-0.05, 0) is 38.0 Å². The molecule has 0 aromatic rings. The van der Waals surface area contributed by atoms with Crippen molar-refractivity contribution in [1.29, 1.82) is 0 Å². The van der Waals surface area contributed by atoms with Gasteiger partial charge in [-0.3, -0.25) is 4.90 Å². The lowest BCUT2D eigenvalue weighted by molar-refractivity contribution is 0.0755. The molecule has 0 amide bonds. The molecule has 2 aliphatic rings. The fourth-order valence-electron chi connectivity index (χ4n) is 2.44. The lowest BCUT2D eigenvalue weighted by Gasteiger charge is -2.29. The van der Waals surface area contributed by atoms with Crippen LogP contribution in [0.2, 0.25) is 0 Å². The van der Waals surface area contributed by atoms with Crippen molar-refractivity contribution in [3.05, 3.63) is 0 Å². The second kappa shape index (κ2) is 4.67. The van der Waals surface area contributed by atoms with Crippen molar-refractivity contribution in [2.75, 3.05) is 24.6 Å². The zero-order chi connectivity index (χ0) is 9.10. The lowest BCUT2D eigenvalue weighted by Crippen LogP contribution is -2.41. The Labute approximate surface area is 84.7 Å². The molecule has 0 aromatic carbocycles.